The average Bonchev–Trinajstić information content (AvgIpc) is 2.83. The van der Waals surface area contributed by atoms with Crippen LogP contribution in [0.1, 0.15) is 27.9 Å². The van der Waals surface area contributed by atoms with Crippen LogP contribution in [0.25, 0.3) is 11.3 Å². The Labute approximate surface area is 115 Å². The molecule has 1 aromatic carbocycles. The number of benzene rings is 1. The van der Waals surface area contributed by atoms with Crippen molar-refractivity contribution >= 4 is 17.3 Å². The van der Waals surface area contributed by atoms with Gasteiger partial charge < -0.3 is 9.84 Å². The molecule has 0 amide bonds. The maximum absolute atomic E-state index is 10.9. The topological polar surface area (TPSA) is 59.4 Å². The van der Waals surface area contributed by atoms with Gasteiger partial charge in [0, 0.05) is 10.9 Å². The number of rotatable bonds is 4. The first-order valence-corrected chi connectivity index (χ1v) is 6.84. The molecule has 0 radical (unpaired) electrons. The maximum atomic E-state index is 10.9. The Kier molecular flexibility index (Phi) is 3.85. The van der Waals surface area contributed by atoms with Gasteiger partial charge in [0.15, 0.2) is 0 Å². The molecule has 19 heavy (non-hydrogen) atoms. The van der Waals surface area contributed by atoms with Crippen LogP contribution in [0.5, 0.6) is 5.75 Å². The number of hydrogen-bond donors (Lipinski definition) is 1. The first-order valence-electron chi connectivity index (χ1n) is 5.96. The first kappa shape index (κ1) is 13.5. The van der Waals surface area contributed by atoms with E-state index >= 15 is 0 Å². The smallest absolute Gasteiger partial charge is 0.365 e. The molecule has 2 aromatic rings. The van der Waals surface area contributed by atoms with E-state index in [1.165, 1.54) is 0 Å². The molecule has 2 rings (SSSR count). The maximum Gasteiger partial charge on any atom is 0.365 e. The summed E-state index contributed by atoms with van der Waals surface area (Å²) < 4.78 is 5.54. The van der Waals surface area contributed by atoms with E-state index in [1.54, 1.807) is 5.38 Å². The molecule has 0 unspecified atom stereocenters. The molecule has 0 saturated carbocycles. The standard InChI is InChI=1S/C14H15NO3S/c1-4-18-12-6-8(2)10(5-9(12)3)11-7-19-13(15-11)14(16)17/h5-7H,4H2,1-3H3,(H,16,17). The van der Waals surface area contributed by atoms with E-state index in [0.29, 0.717) is 12.3 Å². The molecule has 0 fully saturated rings. The van der Waals surface area contributed by atoms with Crippen molar-refractivity contribution in [1.82, 2.24) is 4.98 Å². The van der Waals surface area contributed by atoms with E-state index in [2.05, 4.69) is 4.98 Å². The van der Waals surface area contributed by atoms with Crippen molar-refractivity contribution in [3.05, 3.63) is 33.6 Å². The second-order valence-corrected chi connectivity index (χ2v) is 5.07. The fourth-order valence-electron chi connectivity index (χ4n) is 1.87. The number of carboxylic acid groups (broad SMARTS) is 1. The summed E-state index contributed by atoms with van der Waals surface area (Å²) in [6.45, 7) is 6.51. The van der Waals surface area contributed by atoms with Gasteiger partial charge in [0.2, 0.25) is 5.01 Å². The molecule has 1 aromatic heterocycles. The van der Waals surface area contributed by atoms with E-state index in [9.17, 15) is 4.79 Å². The highest BCUT2D eigenvalue weighted by Crippen LogP contribution is 2.30. The van der Waals surface area contributed by atoms with Crippen molar-refractivity contribution < 1.29 is 14.6 Å². The van der Waals surface area contributed by atoms with Crippen molar-refractivity contribution in [2.24, 2.45) is 0 Å². The normalized spacial score (nSPS) is 10.5. The lowest BCUT2D eigenvalue weighted by atomic mass is 10.0. The van der Waals surface area contributed by atoms with Gasteiger partial charge >= 0.3 is 5.97 Å². The van der Waals surface area contributed by atoms with Crippen LogP contribution in [0.3, 0.4) is 0 Å². The second kappa shape index (κ2) is 5.40. The van der Waals surface area contributed by atoms with Crippen molar-refractivity contribution in [3.8, 4) is 17.0 Å². The quantitative estimate of drug-likeness (QED) is 0.928. The number of carboxylic acids is 1. The average molecular weight is 277 g/mol. The number of thiazole rings is 1. The van der Waals surface area contributed by atoms with Crippen molar-refractivity contribution in [2.75, 3.05) is 6.61 Å². The predicted molar refractivity (Wildman–Crippen MR) is 75.2 cm³/mol. The number of aromatic carboxylic acids is 1. The van der Waals surface area contributed by atoms with Crippen molar-refractivity contribution in [3.63, 3.8) is 0 Å². The number of aromatic nitrogens is 1. The van der Waals surface area contributed by atoms with Gasteiger partial charge in [-0.2, -0.15) is 0 Å². The van der Waals surface area contributed by atoms with Gasteiger partial charge in [-0.05, 0) is 44.0 Å². The van der Waals surface area contributed by atoms with Crippen LogP contribution >= 0.6 is 11.3 Å². The largest absolute Gasteiger partial charge is 0.494 e. The molecule has 0 spiro atoms. The van der Waals surface area contributed by atoms with Crippen LogP contribution < -0.4 is 4.74 Å². The fourth-order valence-corrected chi connectivity index (χ4v) is 2.53. The van der Waals surface area contributed by atoms with Gasteiger partial charge in [-0.15, -0.1) is 11.3 Å². The minimum absolute atomic E-state index is 0.112. The molecule has 0 atom stereocenters. The van der Waals surface area contributed by atoms with Crippen LogP contribution in [-0.2, 0) is 0 Å². The Hall–Kier alpha value is -1.88. The summed E-state index contributed by atoms with van der Waals surface area (Å²) >= 11 is 1.14. The van der Waals surface area contributed by atoms with Gasteiger partial charge in [0.1, 0.15) is 5.75 Å². The summed E-state index contributed by atoms with van der Waals surface area (Å²) in [7, 11) is 0. The highest BCUT2D eigenvalue weighted by atomic mass is 32.1. The monoisotopic (exact) mass is 277 g/mol. The van der Waals surface area contributed by atoms with E-state index < -0.39 is 5.97 Å². The van der Waals surface area contributed by atoms with Gasteiger partial charge in [0.25, 0.3) is 0 Å². The van der Waals surface area contributed by atoms with Crippen LogP contribution in [0.4, 0.5) is 0 Å². The Morgan fingerprint density at radius 3 is 2.68 bits per heavy atom. The zero-order valence-electron chi connectivity index (χ0n) is 11.1. The van der Waals surface area contributed by atoms with Crippen LogP contribution in [0, 0.1) is 13.8 Å². The zero-order chi connectivity index (χ0) is 14.0. The molecular weight excluding hydrogens is 262 g/mol. The molecule has 0 bridgehead atoms. The Morgan fingerprint density at radius 2 is 2.11 bits per heavy atom. The molecule has 0 aliphatic rings. The number of carbonyl (C=O) groups is 1. The van der Waals surface area contributed by atoms with Gasteiger partial charge in [-0.1, -0.05) is 0 Å². The molecule has 4 nitrogen and oxygen atoms in total. The number of nitrogens with zero attached hydrogens (tertiary/aromatic N) is 1. The SMILES string of the molecule is CCOc1cc(C)c(-c2csc(C(=O)O)n2)cc1C. The molecule has 100 valence electrons. The summed E-state index contributed by atoms with van der Waals surface area (Å²) in [6, 6.07) is 3.95. The molecule has 1 N–H and O–H groups in total. The molecule has 0 aliphatic heterocycles. The lowest BCUT2D eigenvalue weighted by Crippen LogP contribution is -1.97. The van der Waals surface area contributed by atoms with E-state index in [4.69, 9.17) is 9.84 Å². The lowest BCUT2D eigenvalue weighted by molar-refractivity contribution is 0.0696. The third kappa shape index (κ3) is 2.76. The zero-order valence-corrected chi connectivity index (χ0v) is 11.9. The summed E-state index contributed by atoms with van der Waals surface area (Å²) in [4.78, 5) is 15.0. The number of aryl methyl sites for hydroxylation is 2. The number of ether oxygens (including phenoxy) is 1. The van der Waals surface area contributed by atoms with E-state index in [1.807, 2.05) is 32.9 Å². The van der Waals surface area contributed by atoms with Crippen molar-refractivity contribution in [1.29, 1.82) is 0 Å². The third-order valence-corrected chi connectivity index (χ3v) is 3.62. The minimum atomic E-state index is -0.989. The van der Waals surface area contributed by atoms with Gasteiger partial charge in [-0.25, -0.2) is 9.78 Å². The second-order valence-electron chi connectivity index (χ2n) is 4.21. The van der Waals surface area contributed by atoms with E-state index in [-0.39, 0.29) is 5.01 Å². The predicted octanol–water partition coefficient (Wildman–Crippen LogP) is 3.52. The Bertz CT molecular complexity index is 619. The van der Waals surface area contributed by atoms with Crippen LogP contribution in [-0.4, -0.2) is 22.7 Å². The summed E-state index contributed by atoms with van der Waals surface area (Å²) in [6.07, 6.45) is 0. The van der Waals surface area contributed by atoms with Crippen LogP contribution in [0.2, 0.25) is 0 Å². The van der Waals surface area contributed by atoms with Gasteiger partial charge in [0.05, 0.1) is 12.3 Å². The Morgan fingerprint density at radius 1 is 1.37 bits per heavy atom. The molecular formula is C14H15NO3S. The molecule has 0 aliphatic carbocycles. The van der Waals surface area contributed by atoms with E-state index in [0.717, 1.165) is 33.8 Å². The number of hydrogen-bond acceptors (Lipinski definition) is 4. The highest BCUT2D eigenvalue weighted by molar-refractivity contribution is 7.11. The lowest BCUT2D eigenvalue weighted by Gasteiger charge is -2.11. The van der Waals surface area contributed by atoms with Gasteiger partial charge in [-0.3, -0.25) is 0 Å². The highest BCUT2D eigenvalue weighted by Gasteiger charge is 2.13. The summed E-state index contributed by atoms with van der Waals surface area (Å²) in [5.41, 5.74) is 3.69. The minimum Gasteiger partial charge on any atom is -0.494 e. The fraction of sp³-hybridized carbons (Fsp3) is 0.286. The third-order valence-electron chi connectivity index (χ3n) is 2.78. The molecule has 0 saturated heterocycles. The van der Waals surface area contributed by atoms with Crippen LogP contribution in [0.15, 0.2) is 17.5 Å². The molecule has 5 heteroatoms. The van der Waals surface area contributed by atoms with Crippen molar-refractivity contribution in [2.45, 2.75) is 20.8 Å². The molecule has 1 heterocycles. The summed E-state index contributed by atoms with van der Waals surface area (Å²) in [5.74, 6) is -0.131. The Balaban J connectivity index is 2.44. The first-order chi connectivity index (χ1) is 9.02. The summed E-state index contributed by atoms with van der Waals surface area (Å²) in [5, 5.41) is 10.8.